The molecule has 0 unspecified atom stereocenters. The van der Waals surface area contributed by atoms with Crippen LogP contribution in [0.3, 0.4) is 0 Å². The van der Waals surface area contributed by atoms with Crippen LogP contribution >= 0.6 is 0 Å². The second kappa shape index (κ2) is 6.51. The zero-order valence-corrected chi connectivity index (χ0v) is 14.7. The average molecular weight is 325 g/mol. The summed E-state index contributed by atoms with van der Waals surface area (Å²) in [6, 6.07) is 6.03. The van der Waals surface area contributed by atoms with Gasteiger partial charge in [0.2, 0.25) is 0 Å². The molecule has 0 N–H and O–H groups in total. The van der Waals surface area contributed by atoms with Gasteiger partial charge in [0.15, 0.2) is 5.76 Å². The Labute approximate surface area is 141 Å². The molecule has 24 heavy (non-hydrogen) atoms. The molecule has 0 fully saturated rings. The molecule has 2 aromatic heterocycles. The predicted molar refractivity (Wildman–Crippen MR) is 94.2 cm³/mol. The zero-order valence-electron chi connectivity index (χ0n) is 14.7. The van der Waals surface area contributed by atoms with Crippen molar-refractivity contribution in [2.24, 2.45) is 7.05 Å². The van der Waals surface area contributed by atoms with Crippen LogP contribution < -0.4 is 0 Å². The van der Waals surface area contributed by atoms with Crippen LogP contribution in [0.15, 0.2) is 35.0 Å². The van der Waals surface area contributed by atoms with Crippen molar-refractivity contribution in [2.45, 2.75) is 26.7 Å². The number of benzene rings is 1. The van der Waals surface area contributed by atoms with Gasteiger partial charge >= 0.3 is 0 Å². The lowest BCUT2D eigenvalue weighted by atomic mass is 10.1. The number of carbonyl (C=O) groups is 1. The van der Waals surface area contributed by atoms with Crippen molar-refractivity contribution >= 4 is 16.9 Å². The molecule has 5 heteroatoms. The topological polar surface area (TPSA) is 51.3 Å². The fourth-order valence-corrected chi connectivity index (χ4v) is 2.93. The summed E-state index contributed by atoms with van der Waals surface area (Å²) in [7, 11) is 3.73. The maximum Gasteiger partial charge on any atom is 0.289 e. The van der Waals surface area contributed by atoms with Gasteiger partial charge in [0.1, 0.15) is 5.58 Å². The molecule has 2 heterocycles. The number of hydrogen-bond acceptors (Lipinski definition) is 3. The second-order valence-electron chi connectivity index (χ2n) is 6.41. The van der Waals surface area contributed by atoms with Crippen LogP contribution in [0.4, 0.5) is 0 Å². The molecule has 0 aliphatic rings. The SMILES string of the molecule is Cc1ccc2c(C)c(C(=O)N(C)CCCc3cnn(C)c3)oc2c1. The quantitative estimate of drug-likeness (QED) is 0.721. The van der Waals surface area contributed by atoms with Gasteiger partial charge in [-0.15, -0.1) is 0 Å². The number of furan rings is 1. The van der Waals surface area contributed by atoms with Crippen molar-refractivity contribution < 1.29 is 9.21 Å². The fourth-order valence-electron chi connectivity index (χ4n) is 2.93. The molecule has 1 aromatic carbocycles. The predicted octanol–water partition coefficient (Wildman–Crippen LogP) is 3.49. The lowest BCUT2D eigenvalue weighted by molar-refractivity contribution is 0.0763. The summed E-state index contributed by atoms with van der Waals surface area (Å²) < 4.78 is 7.62. The Kier molecular flexibility index (Phi) is 4.42. The zero-order chi connectivity index (χ0) is 17.3. The summed E-state index contributed by atoms with van der Waals surface area (Å²) in [5, 5.41) is 5.17. The smallest absolute Gasteiger partial charge is 0.289 e. The molecule has 0 aliphatic heterocycles. The van der Waals surface area contributed by atoms with Crippen LogP contribution in [-0.4, -0.2) is 34.2 Å². The number of aromatic nitrogens is 2. The van der Waals surface area contributed by atoms with Gasteiger partial charge in [0.25, 0.3) is 5.91 Å². The summed E-state index contributed by atoms with van der Waals surface area (Å²) in [4.78, 5) is 14.4. The molecule has 5 nitrogen and oxygen atoms in total. The van der Waals surface area contributed by atoms with Crippen molar-refractivity contribution in [3.63, 3.8) is 0 Å². The van der Waals surface area contributed by atoms with Crippen molar-refractivity contribution in [2.75, 3.05) is 13.6 Å². The highest BCUT2D eigenvalue weighted by atomic mass is 16.3. The van der Waals surface area contributed by atoms with Crippen molar-refractivity contribution in [3.8, 4) is 0 Å². The van der Waals surface area contributed by atoms with Gasteiger partial charge in [-0.1, -0.05) is 12.1 Å². The highest BCUT2D eigenvalue weighted by Gasteiger charge is 2.20. The first-order valence-electron chi connectivity index (χ1n) is 8.18. The largest absolute Gasteiger partial charge is 0.451 e. The minimum absolute atomic E-state index is 0.0625. The maximum atomic E-state index is 12.7. The summed E-state index contributed by atoms with van der Waals surface area (Å²) in [5.41, 5.74) is 4.00. The summed E-state index contributed by atoms with van der Waals surface area (Å²) in [6.07, 6.45) is 5.68. The third-order valence-corrected chi connectivity index (χ3v) is 4.35. The number of hydrogen-bond donors (Lipinski definition) is 0. The Bertz CT molecular complexity index is 876. The van der Waals surface area contributed by atoms with Gasteiger partial charge in [-0.2, -0.15) is 5.10 Å². The van der Waals surface area contributed by atoms with E-state index in [0.29, 0.717) is 12.3 Å². The van der Waals surface area contributed by atoms with E-state index in [-0.39, 0.29) is 5.91 Å². The first-order valence-corrected chi connectivity index (χ1v) is 8.18. The Morgan fingerprint density at radius 2 is 2.12 bits per heavy atom. The van der Waals surface area contributed by atoms with Gasteiger partial charge in [0.05, 0.1) is 6.20 Å². The van der Waals surface area contributed by atoms with E-state index in [4.69, 9.17) is 4.42 Å². The number of rotatable bonds is 5. The van der Waals surface area contributed by atoms with E-state index in [0.717, 1.165) is 34.9 Å². The molecular weight excluding hydrogens is 302 g/mol. The van der Waals surface area contributed by atoms with Gasteiger partial charge in [-0.25, -0.2) is 0 Å². The third-order valence-electron chi connectivity index (χ3n) is 4.35. The van der Waals surface area contributed by atoms with Gasteiger partial charge in [-0.3, -0.25) is 9.48 Å². The normalized spacial score (nSPS) is 11.2. The van der Waals surface area contributed by atoms with E-state index in [1.54, 1.807) is 9.58 Å². The second-order valence-corrected chi connectivity index (χ2v) is 6.41. The van der Waals surface area contributed by atoms with Crippen LogP contribution in [0.25, 0.3) is 11.0 Å². The monoisotopic (exact) mass is 325 g/mol. The highest BCUT2D eigenvalue weighted by Crippen LogP contribution is 2.27. The summed E-state index contributed by atoms with van der Waals surface area (Å²) in [6.45, 7) is 4.64. The van der Waals surface area contributed by atoms with E-state index >= 15 is 0 Å². The lowest BCUT2D eigenvalue weighted by Crippen LogP contribution is -2.28. The van der Waals surface area contributed by atoms with Crippen molar-refractivity contribution in [3.05, 3.63) is 53.0 Å². The molecule has 0 aliphatic carbocycles. The third kappa shape index (κ3) is 3.20. The Balaban J connectivity index is 1.68. The number of carbonyl (C=O) groups excluding carboxylic acids is 1. The van der Waals surface area contributed by atoms with Crippen molar-refractivity contribution in [1.29, 1.82) is 0 Å². The molecule has 3 rings (SSSR count). The minimum atomic E-state index is -0.0625. The summed E-state index contributed by atoms with van der Waals surface area (Å²) >= 11 is 0. The van der Waals surface area contributed by atoms with E-state index in [1.807, 2.05) is 58.5 Å². The number of nitrogens with zero attached hydrogens (tertiary/aromatic N) is 3. The number of fused-ring (bicyclic) bond motifs is 1. The molecular formula is C19H23N3O2. The number of aryl methyl sites for hydroxylation is 4. The van der Waals surface area contributed by atoms with Gasteiger partial charge in [-0.05, 0) is 43.9 Å². The van der Waals surface area contributed by atoms with E-state index < -0.39 is 0 Å². The first kappa shape index (κ1) is 16.3. The highest BCUT2D eigenvalue weighted by molar-refractivity contribution is 5.98. The molecule has 0 saturated carbocycles. The van der Waals surface area contributed by atoms with Gasteiger partial charge in [0, 0.05) is 37.8 Å². The first-order chi connectivity index (χ1) is 11.5. The Morgan fingerprint density at radius 3 is 2.83 bits per heavy atom. The molecule has 0 atom stereocenters. The van der Waals surface area contributed by atoms with Crippen LogP contribution in [0.2, 0.25) is 0 Å². The molecule has 0 radical (unpaired) electrons. The molecule has 0 spiro atoms. The Morgan fingerprint density at radius 1 is 1.33 bits per heavy atom. The van der Waals surface area contributed by atoms with Gasteiger partial charge < -0.3 is 9.32 Å². The minimum Gasteiger partial charge on any atom is -0.451 e. The van der Waals surface area contributed by atoms with E-state index in [9.17, 15) is 4.79 Å². The Hall–Kier alpha value is -2.56. The molecule has 3 aromatic rings. The lowest BCUT2D eigenvalue weighted by Gasteiger charge is -2.15. The molecule has 0 saturated heterocycles. The van der Waals surface area contributed by atoms with E-state index in [1.165, 1.54) is 5.56 Å². The fraction of sp³-hybridized carbons (Fsp3) is 0.368. The van der Waals surface area contributed by atoms with Crippen LogP contribution in [-0.2, 0) is 13.5 Å². The van der Waals surface area contributed by atoms with Crippen LogP contribution in [0, 0.1) is 13.8 Å². The van der Waals surface area contributed by atoms with E-state index in [2.05, 4.69) is 5.10 Å². The standard InChI is InChI=1S/C19H23N3O2/c1-13-7-8-16-14(2)18(24-17(16)10-13)19(23)21(3)9-5-6-15-11-20-22(4)12-15/h7-8,10-12H,5-6,9H2,1-4H3. The number of amides is 1. The molecule has 1 amide bonds. The average Bonchev–Trinajstić information content (AvgIpc) is 3.10. The molecule has 0 bridgehead atoms. The molecule has 126 valence electrons. The van der Waals surface area contributed by atoms with Crippen LogP contribution in [0.1, 0.15) is 33.7 Å². The van der Waals surface area contributed by atoms with Crippen molar-refractivity contribution in [1.82, 2.24) is 14.7 Å². The maximum absolute atomic E-state index is 12.7. The summed E-state index contributed by atoms with van der Waals surface area (Å²) in [5.74, 6) is 0.381. The van der Waals surface area contributed by atoms with Crippen LogP contribution in [0.5, 0.6) is 0 Å².